The number of nitrogens with zero attached hydrogens (tertiary/aromatic N) is 2. The summed E-state index contributed by atoms with van der Waals surface area (Å²) >= 11 is 5.96. The van der Waals surface area contributed by atoms with Crippen LogP contribution in [0.3, 0.4) is 0 Å². The predicted molar refractivity (Wildman–Crippen MR) is 106 cm³/mol. The molecule has 12 heteroatoms. The maximum absolute atomic E-state index is 12.9. The molecule has 1 heterocycles. The number of esters is 1. The summed E-state index contributed by atoms with van der Waals surface area (Å²) < 4.78 is 42.5. The topological polar surface area (TPSA) is 125 Å². The average molecular weight is 457 g/mol. The Morgan fingerprint density at radius 3 is 2.43 bits per heavy atom. The lowest BCUT2D eigenvalue weighted by Gasteiger charge is -2.26. The molecule has 0 amide bonds. The van der Waals surface area contributed by atoms with Crippen molar-refractivity contribution in [2.45, 2.75) is 4.90 Å². The number of hydrogen-bond acceptors (Lipinski definition) is 8. The Kier molecular flexibility index (Phi) is 6.56. The molecule has 1 aliphatic heterocycles. The minimum absolute atomic E-state index is 0.0963. The van der Waals surface area contributed by atoms with E-state index in [1.807, 2.05) is 0 Å². The van der Waals surface area contributed by atoms with Gasteiger partial charge in [0.15, 0.2) is 0 Å². The standard InChI is InChI=1S/C18H17ClN2O8S/c1-27-16-5-3-13(30(25,26)20-6-8-28-9-7-20)11-14(16)18(22)29-17-4-2-12(21(23)24)10-15(17)19/h2-5,10-11H,6-9H2,1H3. The van der Waals surface area contributed by atoms with Crippen LogP contribution in [-0.2, 0) is 14.8 Å². The van der Waals surface area contributed by atoms with E-state index in [0.29, 0.717) is 0 Å². The molecule has 0 unspecified atom stereocenters. The summed E-state index contributed by atoms with van der Waals surface area (Å²) in [6.45, 7) is 0.963. The third kappa shape index (κ3) is 4.54. The predicted octanol–water partition coefficient (Wildman–Crippen LogP) is 2.50. The number of hydrogen-bond donors (Lipinski definition) is 0. The minimum atomic E-state index is -3.85. The number of carbonyl (C=O) groups excluding carboxylic acids is 1. The van der Waals surface area contributed by atoms with Gasteiger partial charge in [0.1, 0.15) is 17.1 Å². The van der Waals surface area contributed by atoms with E-state index in [4.69, 9.17) is 25.8 Å². The summed E-state index contributed by atoms with van der Waals surface area (Å²) in [5.41, 5.74) is -0.405. The lowest BCUT2D eigenvalue weighted by Crippen LogP contribution is -2.40. The molecule has 0 spiro atoms. The van der Waals surface area contributed by atoms with E-state index in [1.165, 1.54) is 29.6 Å². The van der Waals surface area contributed by atoms with Crippen LogP contribution in [-0.4, -0.2) is 57.0 Å². The number of nitro benzene ring substituents is 1. The maximum atomic E-state index is 12.9. The van der Waals surface area contributed by atoms with Crippen molar-refractivity contribution in [2.24, 2.45) is 0 Å². The largest absolute Gasteiger partial charge is 0.496 e. The molecule has 0 saturated carbocycles. The Balaban J connectivity index is 1.92. The molecule has 0 aromatic heterocycles. The van der Waals surface area contributed by atoms with Crippen molar-refractivity contribution in [1.82, 2.24) is 4.31 Å². The van der Waals surface area contributed by atoms with E-state index in [2.05, 4.69) is 0 Å². The van der Waals surface area contributed by atoms with Crippen LogP contribution in [0.5, 0.6) is 11.5 Å². The molecule has 0 radical (unpaired) electrons. The number of benzene rings is 2. The SMILES string of the molecule is COc1ccc(S(=O)(=O)N2CCOCC2)cc1C(=O)Oc1ccc([N+](=O)[O-])cc1Cl. The Bertz CT molecular complexity index is 1080. The zero-order valence-corrected chi connectivity index (χ0v) is 17.3. The first-order valence-electron chi connectivity index (χ1n) is 8.66. The second kappa shape index (κ2) is 8.96. The van der Waals surface area contributed by atoms with Crippen LogP contribution in [0.15, 0.2) is 41.3 Å². The molecule has 10 nitrogen and oxygen atoms in total. The van der Waals surface area contributed by atoms with E-state index in [1.54, 1.807) is 0 Å². The minimum Gasteiger partial charge on any atom is -0.496 e. The number of halogens is 1. The van der Waals surface area contributed by atoms with Crippen LogP contribution in [0, 0.1) is 10.1 Å². The highest BCUT2D eigenvalue weighted by atomic mass is 35.5. The fourth-order valence-electron chi connectivity index (χ4n) is 2.78. The second-order valence-electron chi connectivity index (χ2n) is 6.14. The molecule has 1 fully saturated rings. The number of nitro groups is 1. The summed E-state index contributed by atoms with van der Waals surface area (Å²) in [6, 6.07) is 7.19. The zero-order chi connectivity index (χ0) is 21.9. The normalized spacial score (nSPS) is 14.9. The maximum Gasteiger partial charge on any atom is 0.347 e. The number of morpholine rings is 1. The molecule has 3 rings (SSSR count). The van der Waals surface area contributed by atoms with E-state index in [0.717, 1.165) is 18.2 Å². The van der Waals surface area contributed by atoms with Crippen LogP contribution in [0.2, 0.25) is 5.02 Å². The van der Waals surface area contributed by atoms with Gasteiger partial charge in [-0.05, 0) is 24.3 Å². The first kappa shape index (κ1) is 22.0. The number of carbonyl (C=O) groups is 1. The molecule has 1 saturated heterocycles. The van der Waals surface area contributed by atoms with Crippen molar-refractivity contribution >= 4 is 33.3 Å². The Morgan fingerprint density at radius 2 is 1.83 bits per heavy atom. The Morgan fingerprint density at radius 1 is 1.17 bits per heavy atom. The van der Waals surface area contributed by atoms with Crippen LogP contribution in [0.25, 0.3) is 0 Å². The number of ether oxygens (including phenoxy) is 3. The van der Waals surface area contributed by atoms with Crippen molar-refractivity contribution in [2.75, 3.05) is 33.4 Å². The molecule has 160 valence electrons. The van der Waals surface area contributed by atoms with E-state index in [9.17, 15) is 23.3 Å². The third-order valence-electron chi connectivity index (χ3n) is 4.33. The average Bonchev–Trinajstić information content (AvgIpc) is 2.75. The lowest BCUT2D eigenvalue weighted by atomic mass is 10.2. The number of non-ortho nitro benzene ring substituents is 1. The van der Waals surface area contributed by atoms with Gasteiger partial charge in [-0.3, -0.25) is 10.1 Å². The quantitative estimate of drug-likeness (QED) is 0.281. The van der Waals surface area contributed by atoms with Gasteiger partial charge in [-0.1, -0.05) is 11.6 Å². The van der Waals surface area contributed by atoms with Gasteiger partial charge < -0.3 is 14.2 Å². The van der Waals surface area contributed by atoms with Crippen molar-refractivity contribution in [3.8, 4) is 11.5 Å². The van der Waals surface area contributed by atoms with Crippen molar-refractivity contribution in [1.29, 1.82) is 0 Å². The van der Waals surface area contributed by atoms with E-state index in [-0.39, 0.29) is 59.0 Å². The zero-order valence-electron chi connectivity index (χ0n) is 15.7. The Hall–Kier alpha value is -2.73. The molecule has 30 heavy (non-hydrogen) atoms. The van der Waals surface area contributed by atoms with Gasteiger partial charge in [-0.2, -0.15) is 4.31 Å². The lowest BCUT2D eigenvalue weighted by molar-refractivity contribution is -0.384. The molecule has 0 aliphatic carbocycles. The molecule has 0 N–H and O–H groups in total. The fraction of sp³-hybridized carbons (Fsp3) is 0.278. The smallest absolute Gasteiger partial charge is 0.347 e. The Labute approximate surface area is 177 Å². The molecule has 1 aliphatic rings. The van der Waals surface area contributed by atoms with Crippen molar-refractivity contribution < 1.29 is 32.3 Å². The number of sulfonamides is 1. The highest BCUT2D eigenvalue weighted by Crippen LogP contribution is 2.31. The molecular weight excluding hydrogens is 440 g/mol. The second-order valence-corrected chi connectivity index (χ2v) is 8.49. The van der Waals surface area contributed by atoms with Gasteiger partial charge in [0.05, 0.1) is 35.2 Å². The third-order valence-corrected chi connectivity index (χ3v) is 6.52. The highest BCUT2D eigenvalue weighted by Gasteiger charge is 2.28. The van der Waals surface area contributed by atoms with Crippen molar-refractivity contribution in [3.63, 3.8) is 0 Å². The fourth-order valence-corrected chi connectivity index (χ4v) is 4.43. The van der Waals surface area contributed by atoms with E-state index >= 15 is 0 Å². The van der Waals surface area contributed by atoms with Gasteiger partial charge in [-0.15, -0.1) is 0 Å². The molecular formula is C18H17ClN2O8S. The monoisotopic (exact) mass is 456 g/mol. The van der Waals surface area contributed by atoms with Gasteiger partial charge in [0, 0.05) is 25.2 Å². The van der Waals surface area contributed by atoms with Gasteiger partial charge >= 0.3 is 5.97 Å². The first-order valence-corrected chi connectivity index (χ1v) is 10.5. The first-order chi connectivity index (χ1) is 14.2. The van der Waals surface area contributed by atoms with Gasteiger partial charge in [-0.25, -0.2) is 13.2 Å². The summed E-state index contributed by atoms with van der Waals surface area (Å²) in [4.78, 5) is 22.8. The number of rotatable bonds is 6. The molecule has 2 aromatic rings. The summed E-state index contributed by atoms with van der Waals surface area (Å²) in [5.74, 6) is -0.948. The van der Waals surface area contributed by atoms with Crippen LogP contribution < -0.4 is 9.47 Å². The van der Waals surface area contributed by atoms with Gasteiger partial charge in [0.25, 0.3) is 5.69 Å². The van der Waals surface area contributed by atoms with Crippen LogP contribution >= 0.6 is 11.6 Å². The number of methoxy groups -OCH3 is 1. The molecule has 0 bridgehead atoms. The van der Waals surface area contributed by atoms with Crippen LogP contribution in [0.1, 0.15) is 10.4 Å². The summed E-state index contributed by atoms with van der Waals surface area (Å²) in [6.07, 6.45) is 0. The van der Waals surface area contributed by atoms with Crippen LogP contribution in [0.4, 0.5) is 5.69 Å². The molecule has 2 aromatic carbocycles. The van der Waals surface area contributed by atoms with Gasteiger partial charge in [0.2, 0.25) is 10.0 Å². The summed E-state index contributed by atoms with van der Waals surface area (Å²) in [7, 11) is -2.53. The highest BCUT2D eigenvalue weighted by molar-refractivity contribution is 7.89. The van der Waals surface area contributed by atoms with E-state index < -0.39 is 20.9 Å². The summed E-state index contributed by atoms with van der Waals surface area (Å²) in [5, 5.41) is 10.7. The molecule has 0 atom stereocenters. The van der Waals surface area contributed by atoms with Crippen molar-refractivity contribution in [3.05, 3.63) is 57.1 Å².